The highest BCUT2D eigenvalue weighted by molar-refractivity contribution is 9.10. The van der Waals surface area contributed by atoms with Gasteiger partial charge in [-0.05, 0) is 59.7 Å². The number of amides is 1. The molecule has 0 saturated carbocycles. The summed E-state index contributed by atoms with van der Waals surface area (Å²) in [5.41, 5.74) is 2.81. The number of methoxy groups -OCH3 is 3. The van der Waals surface area contributed by atoms with Crippen LogP contribution >= 0.6 is 39.1 Å². The predicted octanol–water partition coefficient (Wildman–Crippen LogP) is 6.11. The van der Waals surface area contributed by atoms with Crippen molar-refractivity contribution < 1.29 is 23.8 Å². The summed E-state index contributed by atoms with van der Waals surface area (Å²) in [6.07, 6.45) is 1.42. The molecule has 0 aliphatic rings. The molecule has 174 valence electrons. The van der Waals surface area contributed by atoms with Crippen molar-refractivity contribution in [2.45, 2.75) is 19.8 Å². The zero-order valence-electron chi connectivity index (χ0n) is 18.6. The van der Waals surface area contributed by atoms with Crippen molar-refractivity contribution in [2.24, 2.45) is 0 Å². The van der Waals surface area contributed by atoms with Crippen molar-refractivity contribution in [1.29, 1.82) is 0 Å². The smallest absolute Gasteiger partial charge is 0.234 e. The summed E-state index contributed by atoms with van der Waals surface area (Å²) in [5.74, 6) is 1.29. The van der Waals surface area contributed by atoms with E-state index in [4.69, 9.17) is 25.8 Å². The Morgan fingerprint density at radius 2 is 1.58 bits per heavy atom. The number of rotatable bonds is 9. The third kappa shape index (κ3) is 5.51. The molecule has 9 heteroatoms. The molecule has 0 N–H and O–H groups in total. The van der Waals surface area contributed by atoms with Crippen LogP contribution in [0.3, 0.4) is 0 Å². The summed E-state index contributed by atoms with van der Waals surface area (Å²) in [4.78, 5) is 24.8. The molecule has 0 bridgehead atoms. The minimum absolute atomic E-state index is 0.222. The van der Waals surface area contributed by atoms with Crippen LogP contribution in [0.2, 0.25) is 5.02 Å². The van der Waals surface area contributed by atoms with Crippen LogP contribution in [0.1, 0.15) is 34.0 Å². The lowest BCUT2D eigenvalue weighted by atomic mass is 9.99. The average Bonchev–Trinajstić information content (AvgIpc) is 3.30. The maximum Gasteiger partial charge on any atom is 0.234 e. The van der Waals surface area contributed by atoms with E-state index in [-0.39, 0.29) is 11.7 Å². The van der Waals surface area contributed by atoms with E-state index < -0.39 is 0 Å². The number of carbonyl (C=O) groups is 2. The third-order valence-corrected chi connectivity index (χ3v) is 7.35. The Morgan fingerprint density at radius 3 is 2.12 bits per heavy atom. The van der Waals surface area contributed by atoms with Gasteiger partial charge in [0.1, 0.15) is 5.00 Å². The number of halogens is 2. The van der Waals surface area contributed by atoms with Crippen molar-refractivity contribution in [3.63, 3.8) is 0 Å². The summed E-state index contributed by atoms with van der Waals surface area (Å²) >= 11 is 11.0. The Kier molecular flexibility index (Phi) is 8.40. The van der Waals surface area contributed by atoms with Gasteiger partial charge in [0, 0.05) is 12.5 Å². The van der Waals surface area contributed by atoms with Crippen molar-refractivity contribution in [2.75, 3.05) is 25.3 Å². The standard InChI is InChI=1S/C24H23BrClNO5S/c1-14(28)27(25)24-18(9-10-33-24)22(29)17-8-7-15(11-19(17)26)5-6-16-12-20(30-2)23(32-4)21(13-16)31-3/h7-13H,5-6H2,1-4H3. The van der Waals surface area contributed by atoms with E-state index in [9.17, 15) is 9.59 Å². The van der Waals surface area contributed by atoms with Crippen LogP contribution in [0.15, 0.2) is 41.8 Å². The highest BCUT2D eigenvalue weighted by atomic mass is 79.9. The lowest BCUT2D eigenvalue weighted by Gasteiger charge is -2.14. The zero-order chi connectivity index (χ0) is 24.1. The molecule has 0 spiro atoms. The van der Waals surface area contributed by atoms with Crippen molar-refractivity contribution in [3.8, 4) is 17.2 Å². The van der Waals surface area contributed by atoms with Gasteiger partial charge in [-0.1, -0.05) is 17.7 Å². The molecular weight excluding hydrogens is 530 g/mol. The minimum Gasteiger partial charge on any atom is -0.493 e. The van der Waals surface area contributed by atoms with E-state index in [1.54, 1.807) is 44.9 Å². The van der Waals surface area contributed by atoms with Gasteiger partial charge in [0.25, 0.3) is 0 Å². The number of carbonyl (C=O) groups excluding carboxylic acids is 2. The van der Waals surface area contributed by atoms with Crippen LogP contribution in [0.25, 0.3) is 0 Å². The van der Waals surface area contributed by atoms with Crippen LogP contribution in [0, 0.1) is 0 Å². The second kappa shape index (κ2) is 11.0. The van der Waals surface area contributed by atoms with Gasteiger partial charge in [-0.15, -0.1) is 11.3 Å². The van der Waals surface area contributed by atoms with Crippen LogP contribution in [-0.2, 0) is 17.6 Å². The molecule has 0 fully saturated rings. The van der Waals surface area contributed by atoms with Gasteiger partial charge in [0.15, 0.2) is 17.3 Å². The first-order valence-corrected chi connectivity index (χ1v) is 11.9. The van der Waals surface area contributed by atoms with E-state index in [1.165, 1.54) is 22.2 Å². The lowest BCUT2D eigenvalue weighted by Crippen LogP contribution is -2.17. The number of ketones is 1. The fourth-order valence-corrected chi connectivity index (χ4v) is 4.95. The van der Waals surface area contributed by atoms with Crippen LogP contribution < -0.4 is 18.1 Å². The molecule has 6 nitrogen and oxygen atoms in total. The summed E-state index contributed by atoms with van der Waals surface area (Å²) in [6.45, 7) is 1.42. The fraction of sp³-hybridized carbons (Fsp3) is 0.250. The first-order chi connectivity index (χ1) is 15.8. The maximum absolute atomic E-state index is 13.1. The number of benzene rings is 2. The monoisotopic (exact) mass is 551 g/mol. The number of hydrogen-bond acceptors (Lipinski definition) is 6. The summed E-state index contributed by atoms with van der Waals surface area (Å²) in [7, 11) is 4.74. The number of thiophene rings is 1. The van der Waals surface area contributed by atoms with Gasteiger partial charge >= 0.3 is 0 Å². The second-order valence-electron chi connectivity index (χ2n) is 7.12. The lowest BCUT2D eigenvalue weighted by molar-refractivity contribution is -0.115. The number of anilines is 1. The number of ether oxygens (including phenoxy) is 3. The number of nitrogens with zero attached hydrogens (tertiary/aromatic N) is 1. The van der Waals surface area contributed by atoms with Crippen LogP contribution in [0.5, 0.6) is 17.2 Å². The summed E-state index contributed by atoms with van der Waals surface area (Å²) in [5, 5.41) is 2.65. The summed E-state index contributed by atoms with van der Waals surface area (Å²) < 4.78 is 17.5. The first-order valence-electron chi connectivity index (χ1n) is 9.96. The van der Waals surface area contributed by atoms with Crippen LogP contribution in [0.4, 0.5) is 5.00 Å². The average molecular weight is 553 g/mol. The Bertz CT molecular complexity index is 1150. The number of hydrogen-bond donors (Lipinski definition) is 0. The maximum atomic E-state index is 13.1. The van der Waals surface area contributed by atoms with E-state index >= 15 is 0 Å². The molecule has 0 aliphatic carbocycles. The highest BCUT2D eigenvalue weighted by Crippen LogP contribution is 2.38. The third-order valence-electron chi connectivity index (χ3n) is 5.05. The highest BCUT2D eigenvalue weighted by Gasteiger charge is 2.22. The molecule has 1 amide bonds. The van der Waals surface area contributed by atoms with Crippen molar-refractivity contribution >= 4 is 55.8 Å². The minimum atomic E-state index is -0.238. The van der Waals surface area contributed by atoms with Gasteiger partial charge in [0.2, 0.25) is 11.7 Å². The molecule has 0 saturated heterocycles. The molecule has 0 radical (unpaired) electrons. The first kappa shape index (κ1) is 25.1. The Hall–Kier alpha value is -2.55. The molecule has 3 aromatic rings. The van der Waals surface area contributed by atoms with Gasteiger partial charge in [0.05, 0.1) is 48.1 Å². The Morgan fingerprint density at radius 1 is 0.939 bits per heavy atom. The second-order valence-corrected chi connectivity index (χ2v) is 9.13. The Balaban J connectivity index is 1.79. The molecule has 2 aromatic carbocycles. The largest absolute Gasteiger partial charge is 0.493 e. The zero-order valence-corrected chi connectivity index (χ0v) is 21.8. The van der Waals surface area contributed by atoms with E-state index in [0.29, 0.717) is 51.2 Å². The Labute approximate surface area is 210 Å². The molecule has 1 aromatic heterocycles. The SMILES string of the molecule is COc1cc(CCc2ccc(C(=O)c3ccsc3N(Br)C(C)=O)c(Cl)c2)cc(OC)c1OC. The molecule has 0 aliphatic heterocycles. The molecule has 0 unspecified atom stereocenters. The van der Waals surface area contributed by atoms with E-state index in [2.05, 4.69) is 16.1 Å². The van der Waals surface area contributed by atoms with Crippen LogP contribution in [-0.4, -0.2) is 33.0 Å². The summed E-state index contributed by atoms with van der Waals surface area (Å²) in [6, 6.07) is 10.9. The van der Waals surface area contributed by atoms with E-state index in [0.717, 1.165) is 11.1 Å². The van der Waals surface area contributed by atoms with Gasteiger partial charge in [-0.2, -0.15) is 0 Å². The normalized spacial score (nSPS) is 10.6. The molecule has 0 atom stereocenters. The molecular formula is C24H23BrClNO5S. The van der Waals surface area contributed by atoms with E-state index in [1.807, 2.05) is 18.2 Å². The van der Waals surface area contributed by atoms with Crippen molar-refractivity contribution in [1.82, 2.24) is 0 Å². The molecule has 3 rings (SSSR count). The number of aryl methyl sites for hydroxylation is 2. The molecule has 1 heterocycles. The van der Waals surface area contributed by atoms with Crippen molar-refractivity contribution in [3.05, 3.63) is 69.1 Å². The topological polar surface area (TPSA) is 65.1 Å². The fourth-order valence-electron chi connectivity index (χ4n) is 3.38. The van der Waals surface area contributed by atoms with Gasteiger partial charge in [-0.25, -0.2) is 3.93 Å². The quantitative estimate of drug-likeness (QED) is 0.237. The predicted molar refractivity (Wildman–Crippen MR) is 135 cm³/mol. The van der Waals surface area contributed by atoms with Gasteiger partial charge in [-0.3, -0.25) is 9.59 Å². The van der Waals surface area contributed by atoms with Gasteiger partial charge < -0.3 is 14.2 Å². The molecule has 33 heavy (non-hydrogen) atoms.